The summed E-state index contributed by atoms with van der Waals surface area (Å²) in [6.07, 6.45) is 17.3. The lowest BCUT2D eigenvalue weighted by molar-refractivity contribution is -0.0508. The summed E-state index contributed by atoms with van der Waals surface area (Å²) in [5.41, 5.74) is 11.5. The number of azide groups is 1. The number of allylic oxidation sites excluding steroid dienone is 1. The molecule has 0 N–H and O–H groups in total. The Kier molecular flexibility index (Phi) is 6.33. The second-order valence-electron chi connectivity index (χ2n) is 12.4. The molecule has 4 unspecified atom stereocenters. The van der Waals surface area contributed by atoms with Crippen molar-refractivity contribution in [1.82, 2.24) is 0 Å². The van der Waals surface area contributed by atoms with Crippen molar-refractivity contribution in [2.24, 2.45) is 51.5 Å². The smallest absolute Gasteiger partial charge is 0.0411 e. The van der Waals surface area contributed by atoms with Gasteiger partial charge in [0.15, 0.2) is 0 Å². The molecule has 168 valence electrons. The molecule has 0 spiro atoms. The highest BCUT2D eigenvalue weighted by Crippen LogP contribution is 2.67. The van der Waals surface area contributed by atoms with E-state index in [2.05, 4.69) is 50.7 Å². The maximum atomic E-state index is 8.89. The van der Waals surface area contributed by atoms with Crippen LogP contribution < -0.4 is 0 Å². The fourth-order valence-corrected chi connectivity index (χ4v) is 8.84. The van der Waals surface area contributed by atoms with Gasteiger partial charge in [0.1, 0.15) is 0 Å². The van der Waals surface area contributed by atoms with Gasteiger partial charge in [-0.3, -0.25) is 0 Å². The van der Waals surface area contributed by atoms with Crippen LogP contribution in [0.25, 0.3) is 10.4 Å². The molecule has 0 aromatic rings. The maximum Gasteiger partial charge on any atom is 0.0411 e. The molecule has 3 heteroatoms. The molecule has 3 fully saturated rings. The first kappa shape index (κ1) is 22.3. The lowest BCUT2D eigenvalue weighted by Gasteiger charge is -2.58. The van der Waals surface area contributed by atoms with Crippen molar-refractivity contribution in [3.05, 3.63) is 22.1 Å². The molecule has 0 heterocycles. The van der Waals surface area contributed by atoms with Crippen LogP contribution in [0.4, 0.5) is 0 Å². The van der Waals surface area contributed by atoms with Gasteiger partial charge >= 0.3 is 0 Å². The quantitative estimate of drug-likeness (QED) is 0.182. The van der Waals surface area contributed by atoms with Crippen LogP contribution in [0.5, 0.6) is 0 Å². The lowest BCUT2D eigenvalue weighted by Crippen LogP contribution is -2.50. The van der Waals surface area contributed by atoms with E-state index in [0.717, 1.165) is 48.3 Å². The first-order valence-electron chi connectivity index (χ1n) is 13.0. The van der Waals surface area contributed by atoms with Crippen LogP contribution in [-0.4, -0.2) is 6.04 Å². The molecule has 0 aliphatic heterocycles. The first-order valence-corrected chi connectivity index (χ1v) is 13.0. The van der Waals surface area contributed by atoms with Gasteiger partial charge in [0, 0.05) is 11.0 Å². The number of rotatable bonds is 6. The average Bonchev–Trinajstić information content (AvgIpc) is 3.05. The Labute approximate surface area is 185 Å². The summed E-state index contributed by atoms with van der Waals surface area (Å²) < 4.78 is 0. The van der Waals surface area contributed by atoms with Gasteiger partial charge in [-0.2, -0.15) is 0 Å². The van der Waals surface area contributed by atoms with Crippen LogP contribution in [-0.2, 0) is 0 Å². The van der Waals surface area contributed by atoms with Gasteiger partial charge < -0.3 is 0 Å². The van der Waals surface area contributed by atoms with Crippen molar-refractivity contribution in [2.75, 3.05) is 0 Å². The minimum absolute atomic E-state index is 0.197. The minimum atomic E-state index is 0.197. The summed E-state index contributed by atoms with van der Waals surface area (Å²) in [4.78, 5) is 3.11. The molecule has 3 saturated carbocycles. The van der Waals surface area contributed by atoms with Crippen molar-refractivity contribution < 1.29 is 0 Å². The molecule has 4 aliphatic rings. The zero-order chi connectivity index (χ0) is 21.5. The molecule has 4 aliphatic carbocycles. The molecular weight excluding hydrogens is 366 g/mol. The molecular formula is C27H45N3. The topological polar surface area (TPSA) is 48.8 Å². The molecule has 4 rings (SSSR count). The average molecular weight is 412 g/mol. The van der Waals surface area contributed by atoms with Crippen molar-refractivity contribution in [1.29, 1.82) is 0 Å². The van der Waals surface area contributed by atoms with Crippen molar-refractivity contribution in [2.45, 2.75) is 111 Å². The fourth-order valence-electron chi connectivity index (χ4n) is 8.84. The van der Waals surface area contributed by atoms with Crippen molar-refractivity contribution in [3.8, 4) is 0 Å². The summed E-state index contributed by atoms with van der Waals surface area (Å²) in [6, 6.07) is 0.197. The van der Waals surface area contributed by atoms with E-state index < -0.39 is 0 Å². The maximum absolute atomic E-state index is 8.89. The van der Waals surface area contributed by atoms with Gasteiger partial charge in [-0.05, 0) is 103 Å². The van der Waals surface area contributed by atoms with Crippen LogP contribution in [0.15, 0.2) is 16.8 Å². The predicted octanol–water partition coefficient (Wildman–Crippen LogP) is 8.71. The Morgan fingerprint density at radius 3 is 2.60 bits per heavy atom. The summed E-state index contributed by atoms with van der Waals surface area (Å²) in [5, 5.41) is 4.08. The Bertz CT molecular complexity index is 705. The highest BCUT2D eigenvalue weighted by molar-refractivity contribution is 5.26. The Hall–Kier alpha value is -0.950. The van der Waals surface area contributed by atoms with Gasteiger partial charge in [-0.1, -0.05) is 70.6 Å². The Morgan fingerprint density at radius 2 is 1.87 bits per heavy atom. The van der Waals surface area contributed by atoms with Crippen molar-refractivity contribution in [3.63, 3.8) is 0 Å². The van der Waals surface area contributed by atoms with E-state index in [4.69, 9.17) is 5.53 Å². The summed E-state index contributed by atoms with van der Waals surface area (Å²) in [6.45, 7) is 12.5. The van der Waals surface area contributed by atoms with E-state index in [1.807, 2.05) is 0 Å². The van der Waals surface area contributed by atoms with E-state index in [9.17, 15) is 0 Å². The third-order valence-corrected chi connectivity index (χ3v) is 10.5. The number of hydrogen-bond donors (Lipinski definition) is 0. The number of hydrogen-bond acceptors (Lipinski definition) is 1. The van der Waals surface area contributed by atoms with E-state index in [0.29, 0.717) is 10.8 Å². The van der Waals surface area contributed by atoms with Crippen LogP contribution in [0, 0.1) is 46.3 Å². The Morgan fingerprint density at radius 1 is 1.07 bits per heavy atom. The van der Waals surface area contributed by atoms with Crippen LogP contribution in [0.2, 0.25) is 0 Å². The largest absolute Gasteiger partial charge is 0.0903 e. The van der Waals surface area contributed by atoms with Gasteiger partial charge in [0.25, 0.3) is 0 Å². The number of fused-ring (bicyclic) bond motifs is 5. The van der Waals surface area contributed by atoms with Crippen LogP contribution in [0.1, 0.15) is 105 Å². The zero-order valence-corrected chi connectivity index (χ0v) is 20.2. The van der Waals surface area contributed by atoms with Crippen LogP contribution in [0.3, 0.4) is 0 Å². The third-order valence-electron chi connectivity index (χ3n) is 10.5. The SMILES string of the molecule is CC(C)CCC[C@@H](C)C1CC[C@H]2C3CC=C4C[C@@H](N=[N+]=[N-])CCC4(C)[C@@H]3CCC12C. The molecule has 30 heavy (non-hydrogen) atoms. The van der Waals surface area contributed by atoms with Gasteiger partial charge in [0.05, 0.1) is 0 Å². The minimum Gasteiger partial charge on any atom is -0.0903 e. The predicted molar refractivity (Wildman–Crippen MR) is 126 cm³/mol. The molecule has 0 radical (unpaired) electrons. The fraction of sp³-hybridized carbons (Fsp3) is 0.926. The molecule has 8 atom stereocenters. The van der Waals surface area contributed by atoms with E-state index in [1.165, 1.54) is 57.8 Å². The molecule has 0 aromatic heterocycles. The van der Waals surface area contributed by atoms with Crippen LogP contribution >= 0.6 is 0 Å². The summed E-state index contributed by atoms with van der Waals surface area (Å²) in [7, 11) is 0. The van der Waals surface area contributed by atoms with E-state index in [-0.39, 0.29) is 6.04 Å². The summed E-state index contributed by atoms with van der Waals surface area (Å²) >= 11 is 0. The normalized spacial score (nSPS) is 43.8. The molecule has 0 aromatic carbocycles. The van der Waals surface area contributed by atoms with Gasteiger partial charge in [0.2, 0.25) is 0 Å². The second-order valence-corrected chi connectivity index (χ2v) is 12.4. The standard InChI is InChI=1S/C27H45N3/c1-18(2)7-6-8-19(3)23-11-12-24-22-10-9-20-17-21(29-30-28)13-15-26(20,4)25(22)14-16-27(23,24)5/h9,18-19,21-25H,6-8,10-17H2,1-5H3/t19-,21+,22?,23?,24+,25-,26?,27?/m1/s1. The third kappa shape index (κ3) is 3.74. The zero-order valence-electron chi connectivity index (χ0n) is 20.2. The monoisotopic (exact) mass is 411 g/mol. The summed E-state index contributed by atoms with van der Waals surface area (Å²) in [5.74, 6) is 5.35. The van der Waals surface area contributed by atoms with E-state index >= 15 is 0 Å². The highest BCUT2D eigenvalue weighted by atomic mass is 15.1. The van der Waals surface area contributed by atoms with Gasteiger partial charge in [-0.25, -0.2) is 0 Å². The highest BCUT2D eigenvalue weighted by Gasteiger charge is 2.59. The van der Waals surface area contributed by atoms with Gasteiger partial charge in [-0.15, -0.1) is 0 Å². The van der Waals surface area contributed by atoms with E-state index in [1.54, 1.807) is 5.57 Å². The molecule has 0 saturated heterocycles. The molecule has 3 nitrogen and oxygen atoms in total. The number of nitrogens with zero attached hydrogens (tertiary/aromatic N) is 3. The van der Waals surface area contributed by atoms with Crippen molar-refractivity contribution >= 4 is 0 Å². The first-order chi connectivity index (χ1) is 14.3. The molecule has 0 bridgehead atoms. The Balaban J connectivity index is 1.49. The second kappa shape index (κ2) is 8.53. The molecule has 0 amide bonds. The lowest BCUT2D eigenvalue weighted by atomic mass is 9.47.